The van der Waals surface area contributed by atoms with Crippen molar-refractivity contribution in [2.24, 2.45) is 0 Å². The molecule has 1 unspecified atom stereocenters. The maximum absolute atomic E-state index is 12.8. The number of aliphatic hydroxyl groups is 1. The number of rotatable bonds is 3. The van der Waals surface area contributed by atoms with Crippen LogP contribution in [0.4, 0.5) is 24.7 Å². The van der Waals surface area contributed by atoms with Gasteiger partial charge in [0.25, 0.3) is 0 Å². The molecular formula is C21H17ClF3N5O. The second-order valence-corrected chi connectivity index (χ2v) is 7.29. The number of aromatic nitrogens is 2. The number of anilines is 2. The van der Waals surface area contributed by atoms with Gasteiger partial charge in [-0.2, -0.15) is 18.2 Å². The Morgan fingerprint density at radius 1 is 1.23 bits per heavy atom. The van der Waals surface area contributed by atoms with Crippen molar-refractivity contribution in [1.29, 1.82) is 10.8 Å². The van der Waals surface area contributed by atoms with Gasteiger partial charge in [0.05, 0.1) is 11.9 Å². The summed E-state index contributed by atoms with van der Waals surface area (Å²) in [7, 11) is 1.68. The summed E-state index contributed by atoms with van der Waals surface area (Å²) in [4.78, 5) is 5.91. The third kappa shape index (κ3) is 4.40. The summed E-state index contributed by atoms with van der Waals surface area (Å²) >= 11 is 6.07. The van der Waals surface area contributed by atoms with Crippen LogP contribution in [0.15, 0.2) is 42.5 Å². The third-order valence-electron chi connectivity index (χ3n) is 4.58. The topological polar surface area (TPSA) is 89.0 Å². The van der Waals surface area contributed by atoms with E-state index in [1.165, 1.54) is 10.6 Å². The van der Waals surface area contributed by atoms with Crippen molar-refractivity contribution < 1.29 is 18.3 Å². The van der Waals surface area contributed by atoms with Gasteiger partial charge < -0.3 is 10.0 Å². The Morgan fingerprint density at radius 2 is 1.94 bits per heavy atom. The van der Waals surface area contributed by atoms with E-state index in [1.807, 2.05) is 5.92 Å². The molecule has 0 saturated heterocycles. The van der Waals surface area contributed by atoms with Crippen LogP contribution in [-0.2, 0) is 0 Å². The van der Waals surface area contributed by atoms with Crippen LogP contribution in [0.2, 0.25) is 5.02 Å². The summed E-state index contributed by atoms with van der Waals surface area (Å²) in [5.41, 5.74) is -2.01. The molecule has 31 heavy (non-hydrogen) atoms. The number of nitrogens with one attached hydrogen (secondary N) is 2. The van der Waals surface area contributed by atoms with Crippen molar-refractivity contribution in [2.75, 3.05) is 11.9 Å². The minimum atomic E-state index is -4.88. The largest absolute Gasteiger partial charge is 0.428 e. The maximum Gasteiger partial charge on any atom is 0.428 e. The highest BCUT2D eigenvalue weighted by atomic mass is 35.5. The summed E-state index contributed by atoms with van der Waals surface area (Å²) in [6.07, 6.45) is -3.92. The van der Waals surface area contributed by atoms with E-state index in [2.05, 4.69) is 10.9 Å². The van der Waals surface area contributed by atoms with Crippen LogP contribution >= 0.6 is 11.6 Å². The highest BCUT2D eigenvalue weighted by Gasteiger charge is 2.48. The zero-order valence-corrected chi connectivity index (χ0v) is 17.2. The SMILES string of the molecule is CN(c1cccc(C#CC(C)(O)C(F)(F)F)c1)c1nc(=N)n(C=N)c2cc(Cl)ccc12. The third-order valence-corrected chi connectivity index (χ3v) is 4.82. The fourth-order valence-corrected chi connectivity index (χ4v) is 2.95. The predicted molar refractivity (Wildman–Crippen MR) is 113 cm³/mol. The smallest absolute Gasteiger partial charge is 0.370 e. The predicted octanol–water partition coefficient (Wildman–Crippen LogP) is 4.06. The van der Waals surface area contributed by atoms with Gasteiger partial charge in [0.2, 0.25) is 11.2 Å². The van der Waals surface area contributed by atoms with E-state index in [1.54, 1.807) is 48.3 Å². The molecule has 0 radical (unpaired) electrons. The van der Waals surface area contributed by atoms with E-state index in [0.717, 1.165) is 6.34 Å². The fraction of sp³-hybridized carbons (Fsp3) is 0.190. The monoisotopic (exact) mass is 447 g/mol. The number of benzene rings is 2. The summed E-state index contributed by atoms with van der Waals surface area (Å²) in [5, 5.41) is 26.2. The van der Waals surface area contributed by atoms with E-state index in [-0.39, 0.29) is 11.2 Å². The Labute approximate surface area is 180 Å². The van der Waals surface area contributed by atoms with E-state index in [9.17, 15) is 18.3 Å². The Morgan fingerprint density at radius 3 is 2.58 bits per heavy atom. The fourth-order valence-electron chi connectivity index (χ4n) is 2.79. The molecule has 6 nitrogen and oxygen atoms in total. The molecule has 1 heterocycles. The molecule has 0 aliphatic carbocycles. The van der Waals surface area contributed by atoms with Gasteiger partial charge in [-0.3, -0.25) is 15.4 Å². The second kappa shape index (κ2) is 8.06. The maximum atomic E-state index is 12.8. The normalized spacial score (nSPS) is 13.3. The average Bonchev–Trinajstić information content (AvgIpc) is 2.70. The van der Waals surface area contributed by atoms with Crippen LogP contribution in [-0.4, -0.2) is 39.8 Å². The van der Waals surface area contributed by atoms with E-state index in [0.29, 0.717) is 34.4 Å². The van der Waals surface area contributed by atoms with Gasteiger partial charge in [-0.15, -0.1) is 0 Å². The minimum absolute atomic E-state index is 0.191. The number of hydrogen-bond acceptors (Lipinski definition) is 5. The second-order valence-electron chi connectivity index (χ2n) is 6.85. The first-order chi connectivity index (χ1) is 14.4. The van der Waals surface area contributed by atoms with Gasteiger partial charge in [0.15, 0.2) is 0 Å². The van der Waals surface area contributed by atoms with Crippen LogP contribution in [0, 0.1) is 22.7 Å². The van der Waals surface area contributed by atoms with Crippen LogP contribution in [0.5, 0.6) is 0 Å². The lowest BCUT2D eigenvalue weighted by Gasteiger charge is -2.21. The van der Waals surface area contributed by atoms with Gasteiger partial charge in [-0.05, 0) is 43.3 Å². The molecule has 2 aromatic carbocycles. The Bertz CT molecular complexity index is 1290. The first-order valence-corrected chi connectivity index (χ1v) is 9.25. The molecule has 0 aliphatic heterocycles. The van der Waals surface area contributed by atoms with Gasteiger partial charge in [0.1, 0.15) is 5.82 Å². The summed E-state index contributed by atoms with van der Waals surface area (Å²) in [5.74, 6) is 4.60. The lowest BCUT2D eigenvalue weighted by atomic mass is 10.1. The highest BCUT2D eigenvalue weighted by Crippen LogP contribution is 2.31. The van der Waals surface area contributed by atoms with Crippen molar-refractivity contribution in [3.8, 4) is 11.8 Å². The van der Waals surface area contributed by atoms with Crippen molar-refractivity contribution in [3.05, 3.63) is 58.7 Å². The molecule has 3 rings (SSSR count). The molecular weight excluding hydrogens is 431 g/mol. The molecule has 10 heteroatoms. The summed E-state index contributed by atoms with van der Waals surface area (Å²) < 4.78 is 39.7. The zero-order chi connectivity index (χ0) is 23.0. The first-order valence-electron chi connectivity index (χ1n) is 8.87. The first kappa shape index (κ1) is 22.3. The lowest BCUT2D eigenvalue weighted by molar-refractivity contribution is -0.228. The highest BCUT2D eigenvalue weighted by molar-refractivity contribution is 6.31. The van der Waals surface area contributed by atoms with Crippen molar-refractivity contribution in [2.45, 2.75) is 18.7 Å². The summed E-state index contributed by atoms with van der Waals surface area (Å²) in [6, 6.07) is 11.4. The molecule has 160 valence electrons. The number of alkyl halides is 3. The van der Waals surface area contributed by atoms with Crippen molar-refractivity contribution in [3.63, 3.8) is 0 Å². The van der Waals surface area contributed by atoms with Gasteiger partial charge in [0, 0.05) is 28.7 Å². The molecule has 1 aromatic heterocycles. The van der Waals surface area contributed by atoms with E-state index < -0.39 is 11.8 Å². The van der Waals surface area contributed by atoms with Crippen LogP contribution in [0.1, 0.15) is 12.5 Å². The molecule has 0 amide bonds. The number of nitrogens with zero attached hydrogens (tertiary/aromatic N) is 3. The van der Waals surface area contributed by atoms with E-state index >= 15 is 0 Å². The quantitative estimate of drug-likeness (QED) is 0.321. The van der Waals surface area contributed by atoms with E-state index in [4.69, 9.17) is 22.4 Å². The Balaban J connectivity index is 2.09. The molecule has 3 aromatic rings. The van der Waals surface area contributed by atoms with Crippen LogP contribution in [0.3, 0.4) is 0 Å². The van der Waals surface area contributed by atoms with Gasteiger partial charge >= 0.3 is 6.18 Å². The minimum Gasteiger partial charge on any atom is -0.370 e. The molecule has 0 bridgehead atoms. The lowest BCUT2D eigenvalue weighted by Crippen LogP contribution is -2.40. The van der Waals surface area contributed by atoms with Crippen LogP contribution < -0.4 is 10.5 Å². The molecule has 1 atom stereocenters. The molecule has 3 N–H and O–H groups in total. The number of fused-ring (bicyclic) bond motifs is 1. The zero-order valence-electron chi connectivity index (χ0n) is 16.4. The van der Waals surface area contributed by atoms with Crippen molar-refractivity contribution >= 4 is 40.3 Å². The summed E-state index contributed by atoms with van der Waals surface area (Å²) in [6.45, 7) is 0.593. The molecule has 0 aliphatic rings. The van der Waals surface area contributed by atoms with Gasteiger partial charge in [-0.1, -0.05) is 29.5 Å². The standard InChI is InChI=1S/C21H17ClF3N5O/c1-20(31,21(23,24)25)9-8-13-4-3-5-15(10-13)29(2)18-16-7-6-14(22)11-17(16)30(12-26)19(27)28-18/h3-7,10-12,26-27,31H,1-2H3. The van der Waals surface area contributed by atoms with Crippen LogP contribution in [0.25, 0.3) is 10.9 Å². The molecule has 0 spiro atoms. The van der Waals surface area contributed by atoms with Crippen molar-refractivity contribution in [1.82, 2.24) is 9.55 Å². The average molecular weight is 448 g/mol. The Hall–Kier alpha value is -3.35. The molecule has 0 fully saturated rings. The number of hydrogen-bond donors (Lipinski definition) is 3. The Kier molecular flexibility index (Phi) is 5.81. The molecule has 0 saturated carbocycles. The number of halogens is 4. The van der Waals surface area contributed by atoms with Gasteiger partial charge in [-0.25, -0.2) is 0 Å².